The van der Waals surface area contributed by atoms with Gasteiger partial charge in [-0.15, -0.1) is 0 Å². The van der Waals surface area contributed by atoms with Gasteiger partial charge >= 0.3 is 0 Å². The van der Waals surface area contributed by atoms with Crippen LogP contribution in [0.3, 0.4) is 0 Å². The first kappa shape index (κ1) is 48.1. The average molecular weight is 991 g/mol. The standard InChI is InChI=1S/C60H18N18/c61-19-37-7-1-31(13-43(37)25-67)49-50(32-2-8-38(20-62)44(14-32)26-68)74-56-55(73-49)57-59(77-52(34-4-10-40(22-64)46(16-34)28-70)51(75-57)33-3-9-39(21-63)45(15-33)27-69)60-58(56)76-53(35-5-11-41(23-65)47(17-35)29-71)54(78-60)36-6-12-42(24-66)48(18-36)30-72/h1-18H. The molecule has 0 amide bonds. The number of nitrogens with zero attached hydrogens (tertiary/aromatic N) is 18. The maximum atomic E-state index is 10.2. The highest BCUT2D eigenvalue weighted by Gasteiger charge is 2.27. The molecule has 0 fully saturated rings. The van der Waals surface area contributed by atoms with Crippen molar-refractivity contribution in [1.29, 1.82) is 63.1 Å². The first-order valence-electron chi connectivity index (χ1n) is 22.5. The minimum Gasteiger partial charge on any atom is -0.241 e. The number of fused-ring (bicyclic) bond motifs is 6. The predicted octanol–water partition coefficient (Wildman–Crippen LogP) is 9.98. The van der Waals surface area contributed by atoms with Gasteiger partial charge in [-0.2, -0.15) is 63.1 Å². The summed E-state index contributed by atoms with van der Waals surface area (Å²) in [6.45, 7) is 0. The van der Waals surface area contributed by atoms with Crippen LogP contribution in [0, 0.1) is 136 Å². The van der Waals surface area contributed by atoms with Crippen molar-refractivity contribution in [2.45, 2.75) is 0 Å². The van der Waals surface area contributed by atoms with E-state index in [4.69, 9.17) is 29.9 Å². The Kier molecular flexibility index (Phi) is 12.1. The van der Waals surface area contributed by atoms with E-state index in [1.807, 2.05) is 72.8 Å². The number of benzene rings is 7. The Morgan fingerprint density at radius 3 is 0.423 bits per heavy atom. The lowest BCUT2D eigenvalue weighted by molar-refractivity contribution is 1.24. The van der Waals surface area contributed by atoms with E-state index in [2.05, 4.69) is 0 Å². The van der Waals surface area contributed by atoms with E-state index in [1.54, 1.807) is 36.4 Å². The van der Waals surface area contributed by atoms with Crippen LogP contribution in [-0.4, -0.2) is 29.9 Å². The highest BCUT2D eigenvalue weighted by Crippen LogP contribution is 2.43. The third kappa shape index (κ3) is 7.93. The zero-order valence-corrected chi connectivity index (χ0v) is 39.4. The Bertz CT molecular complexity index is 4130. The van der Waals surface area contributed by atoms with Gasteiger partial charge in [-0.1, -0.05) is 36.4 Å². The fourth-order valence-corrected chi connectivity index (χ4v) is 8.79. The van der Waals surface area contributed by atoms with Crippen LogP contribution in [0.4, 0.5) is 0 Å². The molecule has 10 rings (SSSR count). The third-order valence-electron chi connectivity index (χ3n) is 12.6. The first-order valence-corrected chi connectivity index (χ1v) is 22.5. The normalized spacial score (nSPS) is 10.2. The van der Waals surface area contributed by atoms with Crippen molar-refractivity contribution >= 4 is 33.1 Å². The van der Waals surface area contributed by atoms with Gasteiger partial charge in [0, 0.05) is 33.4 Å². The Balaban J connectivity index is 1.48. The summed E-state index contributed by atoms with van der Waals surface area (Å²) in [7, 11) is 0. The number of aromatic nitrogens is 6. The molecule has 0 aliphatic heterocycles. The van der Waals surface area contributed by atoms with E-state index in [1.165, 1.54) is 72.8 Å². The summed E-state index contributed by atoms with van der Waals surface area (Å²) < 4.78 is 0. The molecule has 348 valence electrons. The van der Waals surface area contributed by atoms with E-state index in [9.17, 15) is 63.1 Å². The zero-order chi connectivity index (χ0) is 54.8. The Labute approximate surface area is 440 Å². The molecule has 0 saturated heterocycles. The zero-order valence-electron chi connectivity index (χ0n) is 39.4. The molecule has 10 aromatic rings. The number of hydrogen-bond acceptors (Lipinski definition) is 18. The predicted molar refractivity (Wildman–Crippen MR) is 275 cm³/mol. The van der Waals surface area contributed by atoms with Crippen LogP contribution < -0.4 is 0 Å². The second-order valence-corrected chi connectivity index (χ2v) is 16.8. The number of rotatable bonds is 6. The third-order valence-corrected chi connectivity index (χ3v) is 12.6. The van der Waals surface area contributed by atoms with Crippen molar-refractivity contribution in [1.82, 2.24) is 29.9 Å². The van der Waals surface area contributed by atoms with E-state index in [0.717, 1.165) is 0 Å². The van der Waals surface area contributed by atoms with Gasteiger partial charge in [-0.3, -0.25) is 0 Å². The van der Waals surface area contributed by atoms with Gasteiger partial charge in [0.1, 0.15) is 106 Å². The smallest absolute Gasteiger partial charge is 0.120 e. The van der Waals surface area contributed by atoms with Crippen LogP contribution in [0.2, 0.25) is 0 Å². The maximum absolute atomic E-state index is 10.2. The van der Waals surface area contributed by atoms with Crippen LogP contribution in [-0.2, 0) is 0 Å². The van der Waals surface area contributed by atoms with Crippen molar-refractivity contribution in [3.8, 4) is 140 Å². The lowest BCUT2D eigenvalue weighted by atomic mass is 9.96. The lowest BCUT2D eigenvalue weighted by Gasteiger charge is -2.18. The summed E-state index contributed by atoms with van der Waals surface area (Å²) in [5, 5.41) is 121. The second-order valence-electron chi connectivity index (χ2n) is 16.8. The second kappa shape index (κ2) is 19.6. The minimum atomic E-state index is -0.00621. The Morgan fingerprint density at radius 2 is 0.308 bits per heavy atom. The molecule has 3 aromatic heterocycles. The van der Waals surface area contributed by atoms with Crippen molar-refractivity contribution in [3.63, 3.8) is 0 Å². The Morgan fingerprint density at radius 1 is 0.179 bits per heavy atom. The fourth-order valence-electron chi connectivity index (χ4n) is 8.79. The van der Waals surface area contributed by atoms with Gasteiger partial charge in [0.05, 0.1) is 101 Å². The molecule has 18 heteroatoms. The highest BCUT2D eigenvalue weighted by atomic mass is 14.9. The SMILES string of the molecule is N#Cc1ccc(-c2nc3c4nc(-c5ccc(C#N)c(C#N)c5)c(-c5ccc(C#N)c(C#N)c5)nc4c4nc(-c5ccc(C#N)c(C#N)c5)c(-c5ccc(C#N)c(C#N)c5)nc4c3nc2-c2ccc(C#N)c(C#N)c2)cc1C#N. The molecule has 0 aliphatic carbocycles. The molecule has 0 radical (unpaired) electrons. The van der Waals surface area contributed by atoms with Crippen LogP contribution in [0.5, 0.6) is 0 Å². The maximum Gasteiger partial charge on any atom is 0.120 e. The van der Waals surface area contributed by atoms with Gasteiger partial charge < -0.3 is 0 Å². The van der Waals surface area contributed by atoms with Crippen molar-refractivity contribution in [2.24, 2.45) is 0 Å². The quantitative estimate of drug-likeness (QED) is 0.140. The van der Waals surface area contributed by atoms with Crippen LogP contribution in [0.15, 0.2) is 109 Å². The van der Waals surface area contributed by atoms with Gasteiger partial charge in [0.15, 0.2) is 0 Å². The summed E-state index contributed by atoms with van der Waals surface area (Å²) in [5.41, 5.74) is 2.65. The lowest BCUT2D eigenvalue weighted by Crippen LogP contribution is -2.05. The van der Waals surface area contributed by atoms with E-state index in [-0.39, 0.29) is 167 Å². The summed E-state index contributed by atoms with van der Waals surface area (Å²) in [4.78, 5) is 31.6. The summed E-state index contributed by atoms with van der Waals surface area (Å²) in [6, 6.07) is 50.9. The number of hydrogen-bond donors (Lipinski definition) is 0. The average Bonchev–Trinajstić information content (AvgIpc) is 3.68. The largest absolute Gasteiger partial charge is 0.241 e. The molecule has 3 heterocycles. The number of nitriles is 12. The van der Waals surface area contributed by atoms with Crippen LogP contribution in [0.1, 0.15) is 66.8 Å². The molecule has 0 atom stereocenters. The molecule has 0 spiro atoms. The molecule has 18 nitrogen and oxygen atoms in total. The fraction of sp³-hybridized carbons (Fsp3) is 0. The van der Waals surface area contributed by atoms with Gasteiger partial charge in [-0.25, -0.2) is 29.9 Å². The van der Waals surface area contributed by atoms with Crippen LogP contribution in [0.25, 0.3) is 101 Å². The summed E-state index contributed by atoms with van der Waals surface area (Å²) in [5.74, 6) is 0. The van der Waals surface area contributed by atoms with E-state index < -0.39 is 0 Å². The monoisotopic (exact) mass is 990 g/mol. The summed E-state index contributed by atoms with van der Waals surface area (Å²) >= 11 is 0. The molecule has 0 N–H and O–H groups in total. The van der Waals surface area contributed by atoms with E-state index in [0.29, 0.717) is 0 Å². The van der Waals surface area contributed by atoms with Crippen molar-refractivity contribution < 1.29 is 0 Å². The molecule has 7 aromatic carbocycles. The molecule has 0 bridgehead atoms. The highest BCUT2D eigenvalue weighted by molar-refractivity contribution is 6.20. The van der Waals surface area contributed by atoms with Crippen LogP contribution >= 0.6 is 0 Å². The molecule has 0 saturated carbocycles. The molecule has 0 aliphatic rings. The van der Waals surface area contributed by atoms with Crippen molar-refractivity contribution in [3.05, 3.63) is 176 Å². The molecular weight excluding hydrogens is 973 g/mol. The minimum absolute atomic E-state index is 0.00621. The topological polar surface area (TPSA) is 363 Å². The molecule has 0 unspecified atom stereocenters. The summed E-state index contributed by atoms with van der Waals surface area (Å²) in [6.07, 6.45) is 0. The Hall–Kier alpha value is -13.6. The van der Waals surface area contributed by atoms with Gasteiger partial charge in [-0.05, 0) is 72.8 Å². The van der Waals surface area contributed by atoms with Gasteiger partial charge in [0.25, 0.3) is 0 Å². The first-order chi connectivity index (χ1) is 38.1. The van der Waals surface area contributed by atoms with Crippen molar-refractivity contribution in [2.75, 3.05) is 0 Å². The molecular formula is C60H18N18. The van der Waals surface area contributed by atoms with Gasteiger partial charge in [0.2, 0.25) is 0 Å². The van der Waals surface area contributed by atoms with E-state index >= 15 is 0 Å². The molecule has 78 heavy (non-hydrogen) atoms.